The fourth-order valence-corrected chi connectivity index (χ4v) is 6.56. The van der Waals surface area contributed by atoms with Crippen LogP contribution in [-0.4, -0.2) is 53.3 Å². The molecule has 39 heavy (non-hydrogen) atoms. The molecule has 0 heterocycles. The van der Waals surface area contributed by atoms with Gasteiger partial charge in [0.2, 0.25) is 11.8 Å². The number of carbonyl (C=O) groups is 2. The number of primary amides is 1. The Bertz CT molecular complexity index is 1130. The molecule has 0 aliphatic heterocycles. The van der Waals surface area contributed by atoms with E-state index in [2.05, 4.69) is 19.2 Å². The lowest BCUT2D eigenvalue weighted by Gasteiger charge is -2.41. The molecule has 0 radical (unpaired) electrons. The van der Waals surface area contributed by atoms with Crippen LogP contribution in [0.2, 0.25) is 0 Å². The highest BCUT2D eigenvalue weighted by molar-refractivity contribution is 7.99. The molecule has 1 aliphatic carbocycles. The smallest absolute Gasteiger partial charge is 0.249 e. The SMILES string of the molecule is CCCN(CCC)C(=O)C1=CC(C)=CC(C(N)=O)([C@@H](CSc2ccccc2)[C@@H](O)CNCc2ccccc2)C1. The highest BCUT2D eigenvalue weighted by Gasteiger charge is 2.48. The van der Waals surface area contributed by atoms with Gasteiger partial charge in [-0.25, -0.2) is 0 Å². The van der Waals surface area contributed by atoms with E-state index in [0.29, 0.717) is 37.5 Å². The van der Waals surface area contributed by atoms with E-state index in [1.54, 1.807) is 11.8 Å². The Labute approximate surface area is 237 Å². The van der Waals surface area contributed by atoms with Crippen molar-refractivity contribution in [3.8, 4) is 0 Å². The van der Waals surface area contributed by atoms with Crippen molar-refractivity contribution in [2.75, 3.05) is 25.4 Å². The first-order valence-corrected chi connectivity index (χ1v) is 14.9. The van der Waals surface area contributed by atoms with Gasteiger partial charge in [-0.05, 0) is 43.9 Å². The minimum absolute atomic E-state index is 0.0528. The normalized spacial score (nSPS) is 18.6. The van der Waals surface area contributed by atoms with Gasteiger partial charge in [-0.3, -0.25) is 9.59 Å². The molecule has 3 rings (SSSR count). The largest absolute Gasteiger partial charge is 0.391 e. The molecule has 4 N–H and O–H groups in total. The quantitative estimate of drug-likeness (QED) is 0.274. The number of allylic oxidation sites excluding steroid dienone is 2. The average Bonchev–Trinajstić information content (AvgIpc) is 2.93. The van der Waals surface area contributed by atoms with Crippen LogP contribution < -0.4 is 11.1 Å². The Morgan fingerprint density at radius 1 is 1.05 bits per heavy atom. The second kappa shape index (κ2) is 15.1. The summed E-state index contributed by atoms with van der Waals surface area (Å²) in [7, 11) is 0. The lowest BCUT2D eigenvalue weighted by atomic mass is 9.65. The zero-order chi connectivity index (χ0) is 28.3. The lowest BCUT2D eigenvalue weighted by molar-refractivity contribution is -0.131. The van der Waals surface area contributed by atoms with E-state index in [4.69, 9.17) is 5.73 Å². The molecule has 3 atom stereocenters. The van der Waals surface area contributed by atoms with Crippen LogP contribution in [0.3, 0.4) is 0 Å². The number of rotatable bonds is 15. The van der Waals surface area contributed by atoms with Crippen molar-refractivity contribution >= 4 is 23.6 Å². The van der Waals surface area contributed by atoms with Crippen LogP contribution in [0.15, 0.2) is 88.9 Å². The Hall–Kier alpha value is -2.87. The fourth-order valence-electron chi connectivity index (χ4n) is 5.32. The van der Waals surface area contributed by atoms with Crippen molar-refractivity contribution in [3.05, 3.63) is 89.5 Å². The van der Waals surface area contributed by atoms with Crippen molar-refractivity contribution in [3.63, 3.8) is 0 Å². The maximum absolute atomic E-state index is 13.6. The van der Waals surface area contributed by atoms with Gasteiger partial charge in [0.15, 0.2) is 0 Å². The summed E-state index contributed by atoms with van der Waals surface area (Å²) in [6.07, 6.45) is 4.79. The van der Waals surface area contributed by atoms with E-state index in [0.717, 1.165) is 28.9 Å². The summed E-state index contributed by atoms with van der Waals surface area (Å²) >= 11 is 1.59. The maximum atomic E-state index is 13.6. The Morgan fingerprint density at radius 3 is 2.26 bits per heavy atom. The van der Waals surface area contributed by atoms with Gasteiger partial charge in [-0.1, -0.05) is 80.1 Å². The predicted molar refractivity (Wildman–Crippen MR) is 160 cm³/mol. The summed E-state index contributed by atoms with van der Waals surface area (Å²) in [6, 6.07) is 19.9. The average molecular weight is 550 g/mol. The summed E-state index contributed by atoms with van der Waals surface area (Å²) in [5, 5.41) is 14.9. The molecule has 0 saturated carbocycles. The standard InChI is InChI=1S/C32H43N3O3S/c1-4-16-35(17-5-2)30(37)26-18-24(3)19-32(20-26,31(33)38)28(23-39-27-14-10-7-11-15-27)29(36)22-34-21-25-12-8-6-9-13-25/h6-15,18-19,28-29,34,36H,4-5,16-17,20-23H2,1-3H3,(H2,33,38)/t28-,29-,32?/m0/s1. The van der Waals surface area contributed by atoms with E-state index in [9.17, 15) is 14.7 Å². The maximum Gasteiger partial charge on any atom is 0.249 e. The zero-order valence-electron chi connectivity index (χ0n) is 23.4. The number of nitrogens with two attached hydrogens (primary N) is 1. The van der Waals surface area contributed by atoms with E-state index in [-0.39, 0.29) is 12.3 Å². The van der Waals surface area contributed by atoms with E-state index >= 15 is 0 Å². The van der Waals surface area contributed by atoms with Gasteiger partial charge in [0.05, 0.1) is 11.5 Å². The summed E-state index contributed by atoms with van der Waals surface area (Å²) in [4.78, 5) is 29.9. The van der Waals surface area contributed by atoms with E-state index in [1.165, 1.54) is 0 Å². The number of nitrogens with one attached hydrogen (secondary N) is 1. The second-order valence-electron chi connectivity index (χ2n) is 10.3. The molecule has 0 fully saturated rings. The number of aliphatic hydroxyl groups is 1. The van der Waals surface area contributed by atoms with Gasteiger partial charge in [0.1, 0.15) is 0 Å². The van der Waals surface area contributed by atoms with Crippen LogP contribution in [0.4, 0.5) is 0 Å². The number of carbonyl (C=O) groups excluding carboxylic acids is 2. The molecule has 6 nitrogen and oxygen atoms in total. The van der Waals surface area contributed by atoms with Crippen LogP contribution in [0.25, 0.3) is 0 Å². The molecule has 0 saturated heterocycles. The van der Waals surface area contributed by atoms with Crippen LogP contribution in [-0.2, 0) is 16.1 Å². The number of benzene rings is 2. The van der Waals surface area contributed by atoms with Crippen molar-refractivity contribution in [2.24, 2.45) is 17.1 Å². The van der Waals surface area contributed by atoms with Gasteiger partial charge in [0.25, 0.3) is 0 Å². The third-order valence-corrected chi connectivity index (χ3v) is 8.33. The van der Waals surface area contributed by atoms with Crippen molar-refractivity contribution in [1.82, 2.24) is 10.2 Å². The van der Waals surface area contributed by atoms with Gasteiger partial charge in [-0.15, -0.1) is 11.8 Å². The molecule has 0 spiro atoms. The first-order chi connectivity index (χ1) is 18.8. The predicted octanol–water partition coefficient (Wildman–Crippen LogP) is 4.94. The first kappa shape index (κ1) is 30.7. The molecule has 1 aliphatic rings. The number of nitrogens with zero attached hydrogens (tertiary/aromatic N) is 1. The van der Waals surface area contributed by atoms with Gasteiger partial charge in [0, 0.05) is 48.3 Å². The number of amides is 2. The summed E-state index contributed by atoms with van der Waals surface area (Å²) in [5.41, 5.74) is 7.49. The molecular weight excluding hydrogens is 506 g/mol. The molecule has 2 aromatic carbocycles. The number of aliphatic hydroxyl groups excluding tert-OH is 1. The molecule has 2 amide bonds. The summed E-state index contributed by atoms with van der Waals surface area (Å²) in [5.74, 6) is -0.609. The first-order valence-electron chi connectivity index (χ1n) is 13.9. The monoisotopic (exact) mass is 549 g/mol. The van der Waals surface area contributed by atoms with Gasteiger partial charge in [-0.2, -0.15) is 0 Å². The van der Waals surface area contributed by atoms with Crippen molar-refractivity contribution in [2.45, 2.75) is 57.6 Å². The molecule has 210 valence electrons. The number of hydrogen-bond donors (Lipinski definition) is 3. The van der Waals surface area contributed by atoms with Crippen molar-refractivity contribution in [1.29, 1.82) is 0 Å². The number of thioether (sulfide) groups is 1. The Balaban J connectivity index is 1.90. The molecule has 0 bridgehead atoms. The molecule has 1 unspecified atom stereocenters. The van der Waals surface area contributed by atoms with Crippen LogP contribution >= 0.6 is 11.8 Å². The van der Waals surface area contributed by atoms with Crippen LogP contribution in [0.5, 0.6) is 0 Å². The molecular formula is C32H43N3O3S. The lowest BCUT2D eigenvalue weighted by Crippen LogP contribution is -2.52. The number of hydrogen-bond acceptors (Lipinski definition) is 5. The van der Waals surface area contributed by atoms with Gasteiger partial charge >= 0.3 is 0 Å². The molecule has 7 heteroatoms. The summed E-state index contributed by atoms with van der Waals surface area (Å²) in [6.45, 7) is 8.23. The third kappa shape index (κ3) is 8.31. The van der Waals surface area contributed by atoms with E-state index in [1.807, 2.05) is 84.6 Å². The topological polar surface area (TPSA) is 95.7 Å². The Morgan fingerprint density at radius 2 is 1.67 bits per heavy atom. The highest BCUT2D eigenvalue weighted by atomic mass is 32.2. The van der Waals surface area contributed by atoms with Crippen LogP contribution in [0, 0.1) is 11.3 Å². The third-order valence-electron chi connectivity index (χ3n) is 7.20. The minimum Gasteiger partial charge on any atom is -0.391 e. The van der Waals surface area contributed by atoms with Gasteiger partial charge < -0.3 is 21.1 Å². The molecule has 2 aromatic rings. The van der Waals surface area contributed by atoms with Crippen molar-refractivity contribution < 1.29 is 14.7 Å². The zero-order valence-corrected chi connectivity index (χ0v) is 24.3. The Kier molecular flexibility index (Phi) is 11.8. The summed E-state index contributed by atoms with van der Waals surface area (Å²) < 4.78 is 0. The van der Waals surface area contributed by atoms with Crippen LogP contribution in [0.1, 0.15) is 45.6 Å². The molecule has 0 aromatic heterocycles. The van der Waals surface area contributed by atoms with E-state index < -0.39 is 23.3 Å². The minimum atomic E-state index is -1.19. The fraction of sp³-hybridized carbons (Fsp3) is 0.438. The highest BCUT2D eigenvalue weighted by Crippen LogP contribution is 2.45. The second-order valence-corrected chi connectivity index (χ2v) is 11.4.